The lowest BCUT2D eigenvalue weighted by molar-refractivity contribution is 0.854. The fourth-order valence-corrected chi connectivity index (χ4v) is 1.44. The lowest BCUT2D eigenvalue weighted by Crippen LogP contribution is -1.93. The van der Waals surface area contributed by atoms with Crippen molar-refractivity contribution in [3.63, 3.8) is 0 Å². The number of rotatable bonds is 3. The first-order valence-corrected chi connectivity index (χ1v) is 4.67. The van der Waals surface area contributed by atoms with Gasteiger partial charge in [0.25, 0.3) is 0 Å². The SMILES string of the molecule is CC[CH]c1ccccc1C(C)C. The first kappa shape index (κ1) is 9.31. The van der Waals surface area contributed by atoms with Crippen LogP contribution in [-0.2, 0) is 0 Å². The molecule has 0 N–H and O–H groups in total. The van der Waals surface area contributed by atoms with Gasteiger partial charge in [-0.15, -0.1) is 0 Å². The monoisotopic (exact) mass is 161 g/mol. The van der Waals surface area contributed by atoms with Gasteiger partial charge in [0.05, 0.1) is 0 Å². The van der Waals surface area contributed by atoms with Crippen LogP contribution in [0.5, 0.6) is 0 Å². The average molecular weight is 161 g/mol. The number of hydrogen-bond donors (Lipinski definition) is 0. The van der Waals surface area contributed by atoms with Gasteiger partial charge in [-0.25, -0.2) is 0 Å². The summed E-state index contributed by atoms with van der Waals surface area (Å²) in [4.78, 5) is 0. The van der Waals surface area contributed by atoms with Crippen LogP contribution in [0.4, 0.5) is 0 Å². The lowest BCUT2D eigenvalue weighted by Gasteiger charge is -2.10. The van der Waals surface area contributed by atoms with Crippen molar-refractivity contribution in [2.45, 2.75) is 33.1 Å². The van der Waals surface area contributed by atoms with Crippen LogP contribution in [0.3, 0.4) is 0 Å². The summed E-state index contributed by atoms with van der Waals surface area (Å²) in [6.45, 7) is 6.65. The van der Waals surface area contributed by atoms with Crippen LogP contribution in [0.25, 0.3) is 0 Å². The molecule has 0 aromatic heterocycles. The fourth-order valence-electron chi connectivity index (χ4n) is 1.44. The smallest absolute Gasteiger partial charge is 0.00929 e. The van der Waals surface area contributed by atoms with Crippen LogP contribution < -0.4 is 0 Å². The third-order valence-corrected chi connectivity index (χ3v) is 2.04. The molecule has 0 heteroatoms. The van der Waals surface area contributed by atoms with Gasteiger partial charge < -0.3 is 0 Å². The molecule has 1 radical (unpaired) electrons. The Morgan fingerprint density at radius 2 is 1.92 bits per heavy atom. The third-order valence-electron chi connectivity index (χ3n) is 2.04. The molecule has 0 aliphatic heterocycles. The standard InChI is InChI=1S/C12H17/c1-4-7-11-8-5-6-9-12(11)10(2)3/h5-10H,4H2,1-3H3. The van der Waals surface area contributed by atoms with Crippen LogP contribution in [0.2, 0.25) is 0 Å². The Hall–Kier alpha value is -0.780. The second kappa shape index (κ2) is 4.30. The van der Waals surface area contributed by atoms with E-state index in [4.69, 9.17) is 0 Å². The van der Waals surface area contributed by atoms with Gasteiger partial charge in [-0.05, 0) is 29.9 Å². The van der Waals surface area contributed by atoms with Crippen LogP contribution in [0, 0.1) is 6.42 Å². The Kier molecular flexibility index (Phi) is 3.33. The molecule has 12 heavy (non-hydrogen) atoms. The van der Waals surface area contributed by atoms with Gasteiger partial charge in [0, 0.05) is 0 Å². The van der Waals surface area contributed by atoms with Gasteiger partial charge in [0.1, 0.15) is 0 Å². The van der Waals surface area contributed by atoms with Gasteiger partial charge in [0.2, 0.25) is 0 Å². The molecule has 1 aromatic carbocycles. The zero-order valence-corrected chi connectivity index (χ0v) is 8.17. The molecule has 1 aromatic rings. The minimum atomic E-state index is 0.629. The Balaban J connectivity index is 2.92. The van der Waals surface area contributed by atoms with E-state index in [0.29, 0.717) is 5.92 Å². The summed E-state index contributed by atoms with van der Waals surface area (Å²) in [5.41, 5.74) is 2.86. The molecule has 0 spiro atoms. The quantitative estimate of drug-likeness (QED) is 0.633. The van der Waals surface area contributed by atoms with Gasteiger partial charge >= 0.3 is 0 Å². The van der Waals surface area contributed by atoms with E-state index in [2.05, 4.69) is 51.5 Å². The molecule has 0 aliphatic rings. The molecule has 0 nitrogen and oxygen atoms in total. The summed E-state index contributed by atoms with van der Waals surface area (Å²) in [6, 6.07) is 8.63. The second-order valence-corrected chi connectivity index (χ2v) is 3.40. The Labute approximate surface area is 75.6 Å². The summed E-state index contributed by atoms with van der Waals surface area (Å²) >= 11 is 0. The predicted octanol–water partition coefficient (Wildman–Crippen LogP) is 3.77. The van der Waals surface area contributed by atoms with Crippen LogP contribution in [0.1, 0.15) is 44.2 Å². The highest BCUT2D eigenvalue weighted by Crippen LogP contribution is 2.20. The first-order chi connectivity index (χ1) is 5.75. The Morgan fingerprint density at radius 1 is 1.25 bits per heavy atom. The number of benzene rings is 1. The molecule has 0 amide bonds. The maximum Gasteiger partial charge on any atom is -0.00929 e. The average Bonchev–Trinajstić information content (AvgIpc) is 2.05. The van der Waals surface area contributed by atoms with Crippen molar-refractivity contribution < 1.29 is 0 Å². The molecule has 0 atom stereocenters. The third kappa shape index (κ3) is 2.10. The molecule has 0 unspecified atom stereocenters. The second-order valence-electron chi connectivity index (χ2n) is 3.40. The molecular weight excluding hydrogens is 144 g/mol. The van der Waals surface area contributed by atoms with Crippen molar-refractivity contribution >= 4 is 0 Å². The van der Waals surface area contributed by atoms with E-state index in [0.717, 1.165) is 6.42 Å². The molecule has 1 rings (SSSR count). The van der Waals surface area contributed by atoms with E-state index in [1.54, 1.807) is 0 Å². The highest BCUT2D eigenvalue weighted by atomic mass is 14.1. The van der Waals surface area contributed by atoms with E-state index in [9.17, 15) is 0 Å². The Bertz CT molecular complexity index is 236. The van der Waals surface area contributed by atoms with Gasteiger partial charge in [-0.3, -0.25) is 0 Å². The topological polar surface area (TPSA) is 0 Å². The molecule has 0 aliphatic carbocycles. The molecule has 0 saturated carbocycles. The normalized spacial score (nSPS) is 10.7. The summed E-state index contributed by atoms with van der Waals surface area (Å²) in [5.74, 6) is 0.629. The molecule has 65 valence electrons. The van der Waals surface area contributed by atoms with Crippen molar-refractivity contribution in [2.75, 3.05) is 0 Å². The van der Waals surface area contributed by atoms with Crippen molar-refractivity contribution in [1.82, 2.24) is 0 Å². The summed E-state index contributed by atoms with van der Waals surface area (Å²) in [6.07, 6.45) is 3.40. The Morgan fingerprint density at radius 3 is 2.50 bits per heavy atom. The van der Waals surface area contributed by atoms with Gasteiger partial charge in [0.15, 0.2) is 0 Å². The van der Waals surface area contributed by atoms with Crippen molar-refractivity contribution in [3.05, 3.63) is 41.8 Å². The van der Waals surface area contributed by atoms with E-state index in [1.165, 1.54) is 11.1 Å². The van der Waals surface area contributed by atoms with Gasteiger partial charge in [-0.1, -0.05) is 45.0 Å². The largest absolute Gasteiger partial charge is 0.0648 e. The zero-order chi connectivity index (χ0) is 8.97. The highest BCUT2D eigenvalue weighted by molar-refractivity contribution is 5.34. The van der Waals surface area contributed by atoms with Gasteiger partial charge in [-0.2, -0.15) is 0 Å². The van der Waals surface area contributed by atoms with Crippen LogP contribution in [0.15, 0.2) is 24.3 Å². The van der Waals surface area contributed by atoms with E-state index >= 15 is 0 Å². The predicted molar refractivity (Wildman–Crippen MR) is 54.2 cm³/mol. The molecular formula is C12H17. The van der Waals surface area contributed by atoms with Crippen LogP contribution in [-0.4, -0.2) is 0 Å². The van der Waals surface area contributed by atoms with E-state index < -0.39 is 0 Å². The lowest BCUT2D eigenvalue weighted by atomic mass is 9.95. The van der Waals surface area contributed by atoms with Crippen molar-refractivity contribution in [1.29, 1.82) is 0 Å². The first-order valence-electron chi connectivity index (χ1n) is 4.67. The summed E-state index contributed by atoms with van der Waals surface area (Å²) < 4.78 is 0. The zero-order valence-electron chi connectivity index (χ0n) is 8.17. The van der Waals surface area contributed by atoms with E-state index in [1.807, 2.05) is 0 Å². The molecule has 0 fully saturated rings. The van der Waals surface area contributed by atoms with Crippen molar-refractivity contribution in [2.24, 2.45) is 0 Å². The minimum absolute atomic E-state index is 0.629. The van der Waals surface area contributed by atoms with E-state index in [-0.39, 0.29) is 0 Å². The van der Waals surface area contributed by atoms with Crippen LogP contribution >= 0.6 is 0 Å². The molecule has 0 bridgehead atoms. The summed E-state index contributed by atoms with van der Waals surface area (Å²) in [5, 5.41) is 0. The molecule has 0 heterocycles. The maximum absolute atomic E-state index is 2.29. The molecule has 0 saturated heterocycles. The maximum atomic E-state index is 2.29. The highest BCUT2D eigenvalue weighted by Gasteiger charge is 2.03. The van der Waals surface area contributed by atoms with Crippen molar-refractivity contribution in [3.8, 4) is 0 Å². The minimum Gasteiger partial charge on any atom is -0.0648 e. The fraction of sp³-hybridized carbons (Fsp3) is 0.417. The number of hydrogen-bond acceptors (Lipinski definition) is 0. The summed E-state index contributed by atoms with van der Waals surface area (Å²) in [7, 11) is 0.